The first kappa shape index (κ1) is 19.0. The van der Waals surface area contributed by atoms with E-state index in [1.165, 1.54) is 28.7 Å². The maximum Gasteiger partial charge on any atom is 0.0587 e. The van der Waals surface area contributed by atoms with Crippen molar-refractivity contribution in [1.82, 2.24) is 4.90 Å². The van der Waals surface area contributed by atoms with Crippen molar-refractivity contribution in [2.24, 2.45) is 0 Å². The molecule has 0 radical (unpaired) electrons. The average molecular weight is 346 g/mol. The number of likely N-dealkylation sites (tertiary alicyclic amines) is 1. The summed E-state index contributed by atoms with van der Waals surface area (Å²) in [5.41, 5.74) is 5.47. The summed E-state index contributed by atoms with van der Waals surface area (Å²) in [6.07, 6.45) is 4.52. The Kier molecular flexibility index (Phi) is 7.29. The first-order valence-corrected chi connectivity index (χ1v) is 8.73. The highest BCUT2D eigenvalue weighted by atomic mass is 35.5. The van der Waals surface area contributed by atoms with E-state index in [1.54, 1.807) is 0 Å². The van der Waals surface area contributed by atoms with E-state index in [1.807, 2.05) is 0 Å². The summed E-state index contributed by atoms with van der Waals surface area (Å²) in [6.45, 7) is 4.49. The smallest absolute Gasteiger partial charge is 0.0587 e. The molecule has 130 valence electrons. The molecule has 0 aromatic heterocycles. The molecule has 2 aromatic rings. The van der Waals surface area contributed by atoms with Crippen molar-refractivity contribution in [2.75, 3.05) is 13.2 Å². The van der Waals surface area contributed by atoms with Crippen LogP contribution in [0.2, 0.25) is 0 Å². The van der Waals surface area contributed by atoms with E-state index in [2.05, 4.69) is 60.4 Å². The van der Waals surface area contributed by atoms with Gasteiger partial charge in [0.2, 0.25) is 0 Å². The summed E-state index contributed by atoms with van der Waals surface area (Å²) in [4.78, 5) is 2.40. The van der Waals surface area contributed by atoms with Gasteiger partial charge in [0.1, 0.15) is 0 Å². The Morgan fingerprint density at radius 3 is 2.04 bits per heavy atom. The van der Waals surface area contributed by atoms with Gasteiger partial charge in [-0.3, -0.25) is 4.90 Å². The maximum atomic E-state index is 9.41. The second-order valence-electron chi connectivity index (χ2n) is 6.75. The third-order valence-electron chi connectivity index (χ3n) is 4.94. The molecule has 1 aliphatic heterocycles. The number of nitrogens with zero attached hydrogens (tertiary/aromatic N) is 1. The fraction of sp³-hybridized carbons (Fsp3) is 0.429. The van der Waals surface area contributed by atoms with Crippen molar-refractivity contribution < 1.29 is 5.11 Å². The van der Waals surface area contributed by atoms with E-state index in [9.17, 15) is 5.11 Å². The average Bonchev–Trinajstić information content (AvgIpc) is 3.03. The minimum atomic E-state index is 0. The van der Waals surface area contributed by atoms with Crippen molar-refractivity contribution >= 4 is 12.4 Å². The monoisotopic (exact) mass is 345 g/mol. The van der Waals surface area contributed by atoms with Gasteiger partial charge in [-0.2, -0.15) is 0 Å². The number of hydrogen-bond donors (Lipinski definition) is 1. The predicted molar refractivity (Wildman–Crippen MR) is 103 cm³/mol. The molecule has 0 bridgehead atoms. The molecule has 0 amide bonds. The molecular formula is C21H28ClNO. The van der Waals surface area contributed by atoms with E-state index in [-0.39, 0.29) is 19.0 Å². The maximum absolute atomic E-state index is 9.41. The quantitative estimate of drug-likeness (QED) is 0.849. The van der Waals surface area contributed by atoms with Crippen molar-refractivity contribution in [3.63, 3.8) is 0 Å². The minimum absolute atomic E-state index is 0. The number of aryl methyl sites for hydroxylation is 3. The van der Waals surface area contributed by atoms with Crippen LogP contribution in [-0.4, -0.2) is 29.2 Å². The molecule has 0 saturated carbocycles. The van der Waals surface area contributed by atoms with Crippen molar-refractivity contribution in [1.29, 1.82) is 0 Å². The third-order valence-corrected chi connectivity index (χ3v) is 4.94. The zero-order valence-corrected chi connectivity index (χ0v) is 15.3. The normalized spacial score (nSPS) is 17.7. The lowest BCUT2D eigenvalue weighted by atomic mass is 10.0. The van der Waals surface area contributed by atoms with Gasteiger partial charge in [0.15, 0.2) is 0 Å². The van der Waals surface area contributed by atoms with Gasteiger partial charge in [0.05, 0.1) is 6.61 Å². The summed E-state index contributed by atoms with van der Waals surface area (Å²) < 4.78 is 0. The zero-order valence-electron chi connectivity index (χ0n) is 14.4. The van der Waals surface area contributed by atoms with Crippen LogP contribution in [0.5, 0.6) is 0 Å². The Bertz CT molecular complexity index is 609. The second kappa shape index (κ2) is 9.22. The highest BCUT2D eigenvalue weighted by molar-refractivity contribution is 5.85. The molecule has 1 fully saturated rings. The Morgan fingerprint density at radius 2 is 1.46 bits per heavy atom. The van der Waals surface area contributed by atoms with Crippen LogP contribution in [0.1, 0.15) is 35.1 Å². The lowest BCUT2D eigenvalue weighted by Gasteiger charge is -2.22. The summed E-state index contributed by atoms with van der Waals surface area (Å²) in [6, 6.07) is 18.2. The molecule has 3 rings (SSSR count). The fourth-order valence-electron chi connectivity index (χ4n) is 3.40. The van der Waals surface area contributed by atoms with E-state index >= 15 is 0 Å². The fourth-order valence-corrected chi connectivity index (χ4v) is 3.40. The molecule has 1 saturated heterocycles. The zero-order chi connectivity index (χ0) is 16.1. The summed E-state index contributed by atoms with van der Waals surface area (Å²) >= 11 is 0. The Balaban J connectivity index is 0.00000208. The van der Waals surface area contributed by atoms with Crippen LogP contribution in [0.25, 0.3) is 0 Å². The molecule has 0 aliphatic carbocycles. The van der Waals surface area contributed by atoms with Crippen LogP contribution in [0.3, 0.4) is 0 Å². The first-order chi connectivity index (χ1) is 11.2. The molecule has 0 unspecified atom stereocenters. The molecule has 1 aliphatic rings. The molecule has 3 heteroatoms. The summed E-state index contributed by atoms with van der Waals surface area (Å²) in [5, 5.41) is 9.41. The van der Waals surface area contributed by atoms with Crippen molar-refractivity contribution in [2.45, 2.75) is 45.2 Å². The Labute approximate surface area is 151 Å². The first-order valence-electron chi connectivity index (χ1n) is 8.73. The van der Waals surface area contributed by atoms with Crippen molar-refractivity contribution in [3.05, 3.63) is 70.8 Å². The third kappa shape index (κ3) is 5.07. The SMILES string of the molecule is Cc1ccc(CCc2ccc(CN3CCC[C@@H]3CO)cc2)cc1.Cl. The molecule has 2 aromatic carbocycles. The second-order valence-corrected chi connectivity index (χ2v) is 6.75. The number of aliphatic hydroxyl groups excluding tert-OH is 1. The van der Waals surface area contributed by atoms with Gasteiger partial charge >= 0.3 is 0 Å². The summed E-state index contributed by atoms with van der Waals surface area (Å²) in [5.74, 6) is 0. The van der Waals surface area contributed by atoms with E-state index in [0.717, 1.165) is 32.4 Å². The van der Waals surface area contributed by atoms with Gasteiger partial charge < -0.3 is 5.11 Å². The van der Waals surface area contributed by atoms with Crippen molar-refractivity contribution in [3.8, 4) is 0 Å². The van der Waals surface area contributed by atoms with Crippen LogP contribution >= 0.6 is 12.4 Å². The lowest BCUT2D eigenvalue weighted by Crippen LogP contribution is -2.31. The highest BCUT2D eigenvalue weighted by Gasteiger charge is 2.23. The molecule has 2 nitrogen and oxygen atoms in total. The van der Waals surface area contributed by atoms with Crippen LogP contribution < -0.4 is 0 Å². The van der Waals surface area contributed by atoms with Gasteiger partial charge in [-0.25, -0.2) is 0 Å². The molecule has 0 spiro atoms. The number of aliphatic hydroxyl groups is 1. The van der Waals surface area contributed by atoms with Gasteiger partial charge in [0.25, 0.3) is 0 Å². The van der Waals surface area contributed by atoms with Gasteiger partial charge in [0, 0.05) is 12.6 Å². The standard InChI is InChI=1S/C21H27NO.ClH/c1-17-4-6-18(7-5-17)8-9-19-10-12-20(13-11-19)15-22-14-2-3-21(22)16-23;/h4-7,10-13,21,23H,2-3,8-9,14-16H2,1H3;1H/t21-;/m1./s1. The van der Waals surface area contributed by atoms with Gasteiger partial charge in [-0.1, -0.05) is 54.1 Å². The Morgan fingerprint density at radius 1 is 0.917 bits per heavy atom. The molecular weight excluding hydrogens is 318 g/mol. The van der Waals surface area contributed by atoms with E-state index in [4.69, 9.17) is 0 Å². The van der Waals surface area contributed by atoms with Crippen LogP contribution in [0.15, 0.2) is 48.5 Å². The molecule has 1 heterocycles. The number of benzene rings is 2. The number of halogens is 1. The number of rotatable bonds is 6. The minimum Gasteiger partial charge on any atom is -0.395 e. The molecule has 24 heavy (non-hydrogen) atoms. The predicted octanol–water partition coefficient (Wildman–Crippen LogP) is 4.16. The van der Waals surface area contributed by atoms with Crippen LogP contribution in [0, 0.1) is 6.92 Å². The van der Waals surface area contributed by atoms with Gasteiger partial charge in [-0.05, 0) is 55.8 Å². The van der Waals surface area contributed by atoms with E-state index in [0.29, 0.717) is 6.04 Å². The summed E-state index contributed by atoms with van der Waals surface area (Å²) in [7, 11) is 0. The largest absolute Gasteiger partial charge is 0.395 e. The van der Waals surface area contributed by atoms with E-state index < -0.39 is 0 Å². The number of hydrogen-bond acceptors (Lipinski definition) is 2. The Hall–Kier alpha value is -1.35. The van der Waals surface area contributed by atoms with Gasteiger partial charge in [-0.15, -0.1) is 12.4 Å². The van der Waals surface area contributed by atoms with Crippen LogP contribution in [-0.2, 0) is 19.4 Å². The molecule has 1 atom stereocenters. The lowest BCUT2D eigenvalue weighted by molar-refractivity contribution is 0.153. The molecule has 1 N–H and O–H groups in total. The highest BCUT2D eigenvalue weighted by Crippen LogP contribution is 2.20. The topological polar surface area (TPSA) is 23.5 Å². The van der Waals surface area contributed by atoms with Crippen LogP contribution in [0.4, 0.5) is 0 Å².